The number of aliphatic hydroxyl groups excluding tert-OH is 1. The van der Waals surface area contributed by atoms with Gasteiger partial charge in [-0.3, -0.25) is 67.3 Å². The minimum atomic E-state index is -1.77. The van der Waals surface area contributed by atoms with Crippen molar-refractivity contribution < 1.29 is 67.4 Å². The smallest absolute Gasteiger partial charge is 0.246 e. The second kappa shape index (κ2) is 47.3. The van der Waals surface area contributed by atoms with Gasteiger partial charge in [-0.25, -0.2) is 0 Å². The van der Waals surface area contributed by atoms with Crippen molar-refractivity contribution in [2.45, 2.75) is 237 Å². The number of aromatic amines is 1. The molecule has 0 spiro atoms. The summed E-state index contributed by atoms with van der Waals surface area (Å²) in [5, 5.41) is 39.6. The third-order valence-corrected chi connectivity index (χ3v) is 21.6. The predicted molar refractivity (Wildman–Crippen MR) is 451 cm³/mol. The van der Waals surface area contributed by atoms with Crippen molar-refractivity contribution >= 4 is 93.7 Å². The lowest BCUT2D eigenvalue weighted by atomic mass is 9.96. The molecule has 4 aromatic carbocycles. The minimum absolute atomic E-state index is 0.0118. The van der Waals surface area contributed by atoms with Crippen LogP contribution in [0.4, 0.5) is 0 Å². The van der Waals surface area contributed by atoms with Crippen LogP contribution in [-0.2, 0) is 88.0 Å². The first kappa shape index (κ1) is 94.8. The molecule has 5 aromatic rings. The topological polar surface area (TPSA) is 527 Å². The number of carbonyl (C=O) groups is 13. The summed E-state index contributed by atoms with van der Waals surface area (Å²) in [7, 11) is 0. The van der Waals surface area contributed by atoms with Crippen LogP contribution in [0.25, 0.3) is 10.9 Å². The lowest BCUT2D eigenvalue weighted by Gasteiger charge is -2.32. The molecular weight excluding hydrogens is 1520 g/mol. The van der Waals surface area contributed by atoms with Gasteiger partial charge in [0.2, 0.25) is 76.8 Å². The van der Waals surface area contributed by atoms with Gasteiger partial charge in [0.25, 0.3) is 0 Å². The van der Waals surface area contributed by atoms with Gasteiger partial charge in [-0.2, -0.15) is 0 Å². The van der Waals surface area contributed by atoms with Crippen LogP contribution in [0.15, 0.2) is 126 Å². The Bertz CT molecular complexity index is 4240. The van der Waals surface area contributed by atoms with E-state index in [2.05, 4.69) is 63.1 Å². The number of aromatic nitrogens is 1. The first-order valence-corrected chi connectivity index (χ1v) is 41.5. The number of hydrogen-bond donors (Lipinski definition) is 17. The summed E-state index contributed by atoms with van der Waals surface area (Å²) in [6.45, 7) is 14.0. The molecule has 648 valence electrons. The molecule has 22 N–H and O–H groups in total. The second-order valence-electron chi connectivity index (χ2n) is 32.3. The fourth-order valence-electron chi connectivity index (χ4n) is 14.8. The number of aliphatic hydroxyl groups is 1. The number of rotatable bonds is 47. The summed E-state index contributed by atoms with van der Waals surface area (Å²) in [6, 6.07) is 17.3. The van der Waals surface area contributed by atoms with E-state index >= 15 is 14.4 Å². The summed E-state index contributed by atoms with van der Waals surface area (Å²) < 4.78 is 0. The van der Waals surface area contributed by atoms with E-state index in [4.69, 9.17) is 28.7 Å². The quantitative estimate of drug-likeness (QED) is 0.0147. The number of aliphatic imine (C=N–C) groups is 1. The fraction of sp³-hybridized carbons (Fsp3) is 0.535. The average molecular weight is 1650 g/mol. The third kappa shape index (κ3) is 29.0. The zero-order valence-electron chi connectivity index (χ0n) is 69.7. The summed E-state index contributed by atoms with van der Waals surface area (Å²) in [5.74, 6) is -11.0. The number of carbonyl (C=O) groups excluding carboxylic acids is 13. The standard InChI is InChI=1S/C86H125N19O14/c1-9-53(8)72(83(117)96-63(73(89)107)42-50(2)3)103-76(110)62(35-23-39-92-86(90)91)95-81(115)69-36-24-40-104(69)84(118)67(43-51(4)5)100-77(111)64(45-55-28-15-11-16-29-55)97-75(109)61(34-21-22-38-87)94-80(114)68(49-106)101-78(112)65(46-56-30-17-12-18-31-56)98-79(113)66(47-57-48-93-60-33-20-19-32-58(57)60)99-82(116)70-37-25-41-105(70)85(119)71(52(6)7)102-74(108)59(88)44-54-26-13-10-14-27-54/h10-20,26-33,48,50-53,59,61-72,93,106H,9,21-25,34-47,49,87-88H2,1-8H3,(H2,89,107)(H,94,114)(H,95,115)(H,96,117)(H,97,109)(H,98,113)(H,99,116)(H,100,111)(H,101,112)(H,102,108)(H,103,110)(H4,90,91,92)/t53-,59-,61-,62-,63-,64-,65-,66-,67+,68-,69+,70-,71-,72-/m0/s1. The Balaban J connectivity index is 1.09. The Labute approximate surface area is 696 Å². The first-order valence-electron chi connectivity index (χ1n) is 41.5. The molecule has 3 heterocycles. The molecule has 2 saturated heterocycles. The second-order valence-corrected chi connectivity index (χ2v) is 32.3. The maximum absolute atomic E-state index is 15.2. The number of para-hydroxylation sites is 1. The Morgan fingerprint density at radius 3 is 1.41 bits per heavy atom. The molecule has 0 unspecified atom stereocenters. The zero-order chi connectivity index (χ0) is 87.0. The molecule has 0 radical (unpaired) electrons. The molecule has 2 fully saturated rings. The molecule has 2 aliphatic heterocycles. The van der Waals surface area contributed by atoms with Gasteiger partial charge in [0, 0.05) is 56.0 Å². The average Bonchev–Trinajstić information content (AvgIpc) is 1.71. The van der Waals surface area contributed by atoms with Gasteiger partial charge in [0.1, 0.15) is 72.5 Å². The van der Waals surface area contributed by atoms with Crippen LogP contribution in [0.1, 0.15) is 155 Å². The first-order chi connectivity index (χ1) is 56.8. The molecule has 0 saturated carbocycles. The van der Waals surface area contributed by atoms with Crippen LogP contribution >= 0.6 is 0 Å². The van der Waals surface area contributed by atoms with Gasteiger partial charge < -0.3 is 102 Å². The van der Waals surface area contributed by atoms with Crippen molar-refractivity contribution in [1.29, 1.82) is 0 Å². The number of likely N-dealkylation sites (tertiary alicyclic amines) is 2. The van der Waals surface area contributed by atoms with E-state index in [1.165, 1.54) is 9.80 Å². The number of hydrogen-bond acceptors (Lipinski definition) is 17. The van der Waals surface area contributed by atoms with E-state index in [1.807, 2.05) is 89.2 Å². The van der Waals surface area contributed by atoms with Gasteiger partial charge in [-0.05, 0) is 136 Å². The highest BCUT2D eigenvalue weighted by molar-refractivity contribution is 6.01. The van der Waals surface area contributed by atoms with E-state index in [0.29, 0.717) is 42.4 Å². The molecule has 0 aliphatic carbocycles. The van der Waals surface area contributed by atoms with Crippen molar-refractivity contribution in [1.82, 2.24) is 68.0 Å². The summed E-state index contributed by atoms with van der Waals surface area (Å²) in [4.78, 5) is 198. The minimum Gasteiger partial charge on any atom is -0.394 e. The number of guanidine groups is 1. The van der Waals surface area contributed by atoms with Crippen molar-refractivity contribution in [3.63, 3.8) is 0 Å². The predicted octanol–water partition coefficient (Wildman–Crippen LogP) is 1.05. The molecule has 33 nitrogen and oxygen atoms in total. The molecular formula is C86H125N19O14. The Morgan fingerprint density at radius 1 is 0.471 bits per heavy atom. The van der Waals surface area contributed by atoms with Crippen LogP contribution in [0.2, 0.25) is 0 Å². The monoisotopic (exact) mass is 1650 g/mol. The maximum atomic E-state index is 15.2. The summed E-state index contributed by atoms with van der Waals surface area (Å²) >= 11 is 0. The van der Waals surface area contributed by atoms with Crippen LogP contribution in [0, 0.1) is 23.7 Å². The van der Waals surface area contributed by atoms with Gasteiger partial charge >= 0.3 is 0 Å². The largest absolute Gasteiger partial charge is 0.394 e. The molecule has 2 aliphatic rings. The van der Waals surface area contributed by atoms with Crippen molar-refractivity contribution in [2.75, 3.05) is 32.8 Å². The maximum Gasteiger partial charge on any atom is 0.246 e. The van der Waals surface area contributed by atoms with E-state index in [0.717, 1.165) is 16.5 Å². The van der Waals surface area contributed by atoms with Crippen molar-refractivity contribution in [3.8, 4) is 0 Å². The van der Waals surface area contributed by atoms with Crippen molar-refractivity contribution in [2.24, 2.45) is 57.3 Å². The fourth-order valence-corrected chi connectivity index (χ4v) is 14.8. The highest BCUT2D eigenvalue weighted by atomic mass is 16.3. The molecule has 7 rings (SSSR count). The number of nitrogens with zero attached hydrogens (tertiary/aromatic N) is 3. The molecule has 1 aromatic heterocycles. The van der Waals surface area contributed by atoms with Gasteiger partial charge in [-0.15, -0.1) is 0 Å². The van der Waals surface area contributed by atoms with Crippen LogP contribution < -0.4 is 81.8 Å². The van der Waals surface area contributed by atoms with Gasteiger partial charge in [0.15, 0.2) is 5.96 Å². The highest BCUT2D eigenvalue weighted by Gasteiger charge is 2.44. The molecule has 119 heavy (non-hydrogen) atoms. The number of H-pyrrole nitrogens is 1. The Morgan fingerprint density at radius 2 is 0.899 bits per heavy atom. The van der Waals surface area contributed by atoms with E-state index in [-0.39, 0.29) is 121 Å². The molecule has 13 amide bonds. The third-order valence-electron chi connectivity index (χ3n) is 21.6. The van der Waals surface area contributed by atoms with Crippen molar-refractivity contribution in [3.05, 3.63) is 144 Å². The van der Waals surface area contributed by atoms with E-state index in [9.17, 15) is 53.1 Å². The SMILES string of the molecule is CC[C@H](C)[C@H](NC(=O)[C@H](CCCN=C(N)N)NC(=O)[C@H]1CCCN1C(=O)[C@@H](CC(C)C)NC(=O)[C@H](Cc1ccccc1)NC(=O)[C@H](CCCCN)NC(=O)[C@H](CO)NC(=O)[C@H](Cc1ccccc1)NC(=O)[C@H](Cc1c[nH]c2ccccc12)NC(=O)[C@@H]1CCCN1C(=O)[C@@H](NC(=O)[C@@H](N)Cc1ccccc1)C(C)C)C(=O)N[C@@H](CC(C)C)C(N)=O. The van der Waals surface area contributed by atoms with Gasteiger partial charge in [-0.1, -0.05) is 171 Å². The van der Waals surface area contributed by atoms with Crippen LogP contribution in [0.5, 0.6) is 0 Å². The van der Waals surface area contributed by atoms with Crippen LogP contribution in [0.3, 0.4) is 0 Å². The van der Waals surface area contributed by atoms with Gasteiger partial charge in [0.05, 0.1) is 12.6 Å². The Kier molecular flexibility index (Phi) is 37.7. The number of unbranched alkanes of at least 4 members (excludes halogenated alkanes) is 1. The number of amides is 13. The number of nitrogens with two attached hydrogens (primary N) is 5. The molecule has 0 bridgehead atoms. The number of nitrogens with one attached hydrogen (secondary N) is 11. The highest BCUT2D eigenvalue weighted by Crippen LogP contribution is 2.26. The number of primary amides is 1. The molecule has 33 heteroatoms. The lowest BCUT2D eigenvalue weighted by molar-refractivity contribution is -0.143. The number of benzene rings is 4. The molecule has 14 atom stereocenters. The number of fused-ring (bicyclic) bond motifs is 1. The van der Waals surface area contributed by atoms with E-state index in [1.54, 1.807) is 87.6 Å². The van der Waals surface area contributed by atoms with Crippen LogP contribution in [-0.4, -0.2) is 214 Å². The zero-order valence-corrected chi connectivity index (χ0v) is 69.7. The Hall–Kier alpha value is -11.3. The summed E-state index contributed by atoms with van der Waals surface area (Å²) in [6.07, 6.45) is 4.18. The lowest BCUT2D eigenvalue weighted by Crippen LogP contribution is -2.62. The van der Waals surface area contributed by atoms with E-state index < -0.39 is 174 Å². The summed E-state index contributed by atoms with van der Waals surface area (Å²) in [5.41, 5.74) is 32.5. The normalized spacial score (nSPS) is 17.0.